The van der Waals surface area contributed by atoms with Gasteiger partial charge < -0.3 is 15.8 Å². The Bertz CT molecular complexity index is 539. The Labute approximate surface area is 134 Å². The molecular weight excluding hydrogens is 342 g/mol. The van der Waals surface area contributed by atoms with Gasteiger partial charge in [-0.3, -0.25) is 4.79 Å². The Morgan fingerprint density at radius 2 is 1.62 bits per heavy atom. The number of nitrogens with two attached hydrogens (primary N) is 1. The highest BCUT2D eigenvalue weighted by Gasteiger charge is 2.37. The van der Waals surface area contributed by atoms with Crippen LogP contribution in [0, 0.1) is 0 Å². The highest BCUT2D eigenvalue weighted by Crippen LogP contribution is 2.38. The molecule has 0 aliphatic rings. The minimum atomic E-state index is -4.95. The second-order valence-corrected chi connectivity index (χ2v) is 4.97. The van der Waals surface area contributed by atoms with E-state index in [4.69, 9.17) is 10.5 Å². The summed E-state index contributed by atoms with van der Waals surface area (Å²) in [5.74, 6) is -0.890. The second-order valence-electron chi connectivity index (χ2n) is 4.97. The Balaban J connectivity index is 2.85. The quantitative estimate of drug-likeness (QED) is 0.769. The van der Waals surface area contributed by atoms with Gasteiger partial charge in [0.15, 0.2) is 0 Å². The lowest BCUT2D eigenvalue weighted by atomic mass is 10.1. The van der Waals surface area contributed by atoms with Crippen molar-refractivity contribution < 1.29 is 35.9 Å². The molecule has 4 nitrogen and oxygen atoms in total. The van der Waals surface area contributed by atoms with Crippen molar-refractivity contribution in [2.24, 2.45) is 5.73 Å². The summed E-state index contributed by atoms with van der Waals surface area (Å²) in [4.78, 5) is 11.0. The average Bonchev–Trinajstić information content (AvgIpc) is 2.48. The van der Waals surface area contributed by atoms with Crippen molar-refractivity contribution in [3.8, 4) is 5.75 Å². The van der Waals surface area contributed by atoms with Gasteiger partial charge in [0, 0.05) is 13.0 Å². The topological polar surface area (TPSA) is 64.4 Å². The summed E-state index contributed by atoms with van der Waals surface area (Å²) >= 11 is 0. The molecule has 136 valence electrons. The predicted octanol–water partition coefficient (Wildman–Crippen LogP) is 2.96. The average molecular weight is 358 g/mol. The summed E-state index contributed by atoms with van der Waals surface area (Å²) in [6.45, 7) is 1.24. The van der Waals surface area contributed by atoms with Crippen LogP contribution in [0.2, 0.25) is 0 Å². The fourth-order valence-corrected chi connectivity index (χ4v) is 1.64. The van der Waals surface area contributed by atoms with Crippen molar-refractivity contribution in [1.29, 1.82) is 0 Å². The molecule has 1 atom stereocenters. The van der Waals surface area contributed by atoms with E-state index < -0.39 is 35.3 Å². The van der Waals surface area contributed by atoms with Gasteiger partial charge in [0.05, 0.1) is 17.2 Å². The second kappa shape index (κ2) is 7.73. The third-order valence-corrected chi connectivity index (χ3v) is 2.91. The van der Waals surface area contributed by atoms with Crippen molar-refractivity contribution in [3.63, 3.8) is 0 Å². The predicted molar refractivity (Wildman–Crippen MR) is 73.2 cm³/mol. The molecule has 0 spiro atoms. The van der Waals surface area contributed by atoms with Crippen LogP contribution in [-0.2, 0) is 17.1 Å². The molecule has 0 radical (unpaired) electrons. The van der Waals surface area contributed by atoms with Gasteiger partial charge in [0.2, 0.25) is 5.91 Å². The van der Waals surface area contributed by atoms with Crippen molar-refractivity contribution in [1.82, 2.24) is 5.32 Å². The van der Waals surface area contributed by atoms with Crippen LogP contribution in [0.25, 0.3) is 0 Å². The third kappa shape index (κ3) is 6.26. The van der Waals surface area contributed by atoms with Crippen LogP contribution in [0.5, 0.6) is 5.75 Å². The summed E-state index contributed by atoms with van der Waals surface area (Å²) in [5, 5.41) is 2.44. The van der Waals surface area contributed by atoms with Crippen LogP contribution in [-0.4, -0.2) is 25.1 Å². The number of alkyl halides is 6. The number of rotatable bonds is 6. The lowest BCUT2D eigenvalue weighted by molar-refractivity contribution is -0.143. The largest absolute Gasteiger partial charge is 0.492 e. The lowest BCUT2D eigenvalue weighted by Gasteiger charge is -2.17. The fourth-order valence-electron chi connectivity index (χ4n) is 1.64. The molecule has 10 heteroatoms. The molecule has 0 aromatic heterocycles. The molecule has 0 heterocycles. The zero-order valence-electron chi connectivity index (χ0n) is 12.6. The van der Waals surface area contributed by atoms with Crippen LogP contribution in [0.4, 0.5) is 26.3 Å². The van der Waals surface area contributed by atoms with Gasteiger partial charge in [-0.15, -0.1) is 0 Å². The first-order valence-electron chi connectivity index (χ1n) is 6.88. The van der Waals surface area contributed by atoms with Crippen molar-refractivity contribution in [3.05, 3.63) is 29.3 Å². The molecule has 1 aromatic carbocycles. The Kier molecular flexibility index (Phi) is 6.47. The van der Waals surface area contributed by atoms with Crippen LogP contribution in [0.3, 0.4) is 0 Å². The summed E-state index contributed by atoms with van der Waals surface area (Å²) < 4.78 is 81.1. The zero-order chi connectivity index (χ0) is 18.5. The SMILES string of the molecule is CCC(=O)NC[C@H](N)COc1cc(C(F)(F)F)cc(C(F)(F)F)c1. The standard InChI is InChI=1S/C14H16F6N2O2/c1-2-12(23)22-6-10(21)7-24-11-4-8(13(15,16)17)3-9(5-11)14(18,19)20/h3-5,10H,2,6-7,21H2,1H3,(H,22,23)/t10-/m0/s1. The third-order valence-electron chi connectivity index (χ3n) is 2.91. The highest BCUT2D eigenvalue weighted by atomic mass is 19.4. The molecule has 1 amide bonds. The van der Waals surface area contributed by atoms with E-state index in [1.165, 1.54) is 0 Å². The van der Waals surface area contributed by atoms with Crippen LogP contribution in [0.15, 0.2) is 18.2 Å². The monoisotopic (exact) mass is 358 g/mol. The van der Waals surface area contributed by atoms with Gasteiger partial charge >= 0.3 is 12.4 Å². The first-order chi connectivity index (χ1) is 10.9. The molecule has 0 aliphatic carbocycles. The van der Waals surface area contributed by atoms with Gasteiger partial charge in [-0.05, 0) is 18.2 Å². The number of hydrogen-bond donors (Lipinski definition) is 2. The normalized spacial score (nSPS) is 13.5. The van der Waals surface area contributed by atoms with Crippen molar-refractivity contribution in [2.45, 2.75) is 31.7 Å². The van der Waals surface area contributed by atoms with Gasteiger partial charge in [0.1, 0.15) is 12.4 Å². The molecule has 0 saturated carbocycles. The highest BCUT2D eigenvalue weighted by molar-refractivity contribution is 5.75. The van der Waals surface area contributed by atoms with E-state index in [2.05, 4.69) is 5.32 Å². The summed E-state index contributed by atoms with van der Waals surface area (Å²) in [6, 6.07) is 0.150. The molecule has 1 aromatic rings. The number of ether oxygens (including phenoxy) is 1. The summed E-state index contributed by atoms with van der Waals surface area (Å²) in [6.07, 6.45) is -9.68. The summed E-state index contributed by atoms with van der Waals surface area (Å²) in [7, 11) is 0. The van der Waals surface area contributed by atoms with Gasteiger partial charge in [-0.25, -0.2) is 0 Å². The lowest BCUT2D eigenvalue weighted by Crippen LogP contribution is -2.40. The fraction of sp³-hybridized carbons (Fsp3) is 0.500. The van der Waals surface area contributed by atoms with E-state index in [1.54, 1.807) is 6.92 Å². The molecule has 0 fully saturated rings. The molecule has 0 bridgehead atoms. The van der Waals surface area contributed by atoms with E-state index in [1.807, 2.05) is 0 Å². The number of carbonyl (C=O) groups is 1. The molecular formula is C14H16F6N2O2. The number of carbonyl (C=O) groups excluding carboxylic acids is 1. The van der Waals surface area contributed by atoms with Crippen molar-refractivity contribution >= 4 is 5.91 Å². The Hall–Kier alpha value is -1.97. The molecule has 0 aliphatic heterocycles. The smallest absolute Gasteiger partial charge is 0.416 e. The maximum Gasteiger partial charge on any atom is 0.416 e. The first kappa shape index (κ1) is 20.1. The number of nitrogens with one attached hydrogen (secondary N) is 1. The van der Waals surface area contributed by atoms with E-state index >= 15 is 0 Å². The molecule has 0 saturated heterocycles. The van der Waals surface area contributed by atoms with Crippen LogP contribution in [0.1, 0.15) is 24.5 Å². The Morgan fingerprint density at radius 3 is 2.04 bits per heavy atom. The van der Waals surface area contributed by atoms with Crippen molar-refractivity contribution in [2.75, 3.05) is 13.2 Å². The minimum absolute atomic E-state index is 0.00819. The molecule has 1 rings (SSSR count). The Morgan fingerprint density at radius 1 is 1.12 bits per heavy atom. The number of amides is 1. The van der Waals surface area contributed by atoms with Crippen LogP contribution < -0.4 is 15.8 Å². The van der Waals surface area contributed by atoms with E-state index in [0.717, 1.165) is 0 Å². The van der Waals surface area contributed by atoms with Crippen LogP contribution >= 0.6 is 0 Å². The van der Waals surface area contributed by atoms with Gasteiger partial charge in [0.25, 0.3) is 0 Å². The van der Waals surface area contributed by atoms with E-state index in [-0.39, 0.29) is 31.5 Å². The minimum Gasteiger partial charge on any atom is -0.492 e. The molecule has 0 unspecified atom stereocenters. The maximum atomic E-state index is 12.7. The number of halogens is 6. The van der Waals surface area contributed by atoms with Gasteiger partial charge in [-0.1, -0.05) is 6.92 Å². The van der Waals surface area contributed by atoms with E-state index in [0.29, 0.717) is 12.1 Å². The summed E-state index contributed by atoms with van der Waals surface area (Å²) in [5.41, 5.74) is 2.64. The van der Waals surface area contributed by atoms with E-state index in [9.17, 15) is 31.1 Å². The molecule has 3 N–H and O–H groups in total. The maximum absolute atomic E-state index is 12.7. The number of benzene rings is 1. The number of hydrogen-bond acceptors (Lipinski definition) is 3. The first-order valence-corrected chi connectivity index (χ1v) is 6.88. The van der Waals surface area contributed by atoms with Gasteiger partial charge in [-0.2, -0.15) is 26.3 Å². The zero-order valence-corrected chi connectivity index (χ0v) is 12.6. The molecule has 24 heavy (non-hydrogen) atoms.